The van der Waals surface area contributed by atoms with Crippen molar-refractivity contribution in [2.75, 3.05) is 6.54 Å². The predicted octanol–water partition coefficient (Wildman–Crippen LogP) is 2.54. The molecular weight excluding hydrogens is 257 g/mol. The van der Waals surface area contributed by atoms with E-state index in [1.807, 2.05) is 4.90 Å². The highest BCUT2D eigenvalue weighted by atomic mass is 19.1. The van der Waals surface area contributed by atoms with E-state index in [-0.39, 0.29) is 17.8 Å². The van der Waals surface area contributed by atoms with Crippen LogP contribution in [0.25, 0.3) is 0 Å². The van der Waals surface area contributed by atoms with Gasteiger partial charge in [0.2, 0.25) is 0 Å². The van der Waals surface area contributed by atoms with Crippen LogP contribution in [0.3, 0.4) is 0 Å². The van der Waals surface area contributed by atoms with Crippen LogP contribution in [0.4, 0.5) is 4.39 Å². The van der Waals surface area contributed by atoms with Crippen molar-refractivity contribution in [1.29, 1.82) is 0 Å². The van der Waals surface area contributed by atoms with E-state index < -0.39 is 0 Å². The molecule has 1 amide bonds. The molecule has 0 radical (unpaired) electrons. The maximum atomic E-state index is 13.0. The number of amides is 1. The second kappa shape index (κ2) is 5.07. The zero-order chi connectivity index (χ0) is 14.1. The van der Waals surface area contributed by atoms with E-state index >= 15 is 0 Å². The van der Waals surface area contributed by atoms with E-state index in [0.29, 0.717) is 5.69 Å². The third-order valence-electron chi connectivity index (χ3n) is 3.81. The number of likely N-dealkylation sites (tertiary alicyclic amines) is 1. The van der Waals surface area contributed by atoms with Crippen LogP contribution in [-0.4, -0.2) is 27.1 Å². The molecule has 1 fully saturated rings. The van der Waals surface area contributed by atoms with Gasteiger partial charge in [0.1, 0.15) is 11.5 Å². The fourth-order valence-corrected chi connectivity index (χ4v) is 2.77. The predicted molar refractivity (Wildman–Crippen MR) is 72.6 cm³/mol. The van der Waals surface area contributed by atoms with Gasteiger partial charge in [-0.2, -0.15) is 5.10 Å². The summed E-state index contributed by atoms with van der Waals surface area (Å²) in [6.07, 6.45) is 3.50. The first-order valence-corrected chi connectivity index (χ1v) is 6.71. The van der Waals surface area contributed by atoms with Gasteiger partial charge < -0.3 is 4.90 Å². The molecule has 0 bridgehead atoms. The zero-order valence-corrected chi connectivity index (χ0v) is 11.3. The third-order valence-corrected chi connectivity index (χ3v) is 3.81. The highest BCUT2D eigenvalue weighted by Gasteiger charge is 2.31. The van der Waals surface area contributed by atoms with Crippen molar-refractivity contribution >= 4 is 5.91 Å². The standard InChI is InChI=1S/C15H16FN3O/c1-18-14(8-9-17-18)15(20)19-10-2-3-13(19)11-4-6-12(16)7-5-11/h4-9,13H,2-3,10H2,1H3/t13-/m1/s1. The van der Waals surface area contributed by atoms with Crippen molar-refractivity contribution in [3.63, 3.8) is 0 Å². The Balaban J connectivity index is 1.87. The molecule has 0 N–H and O–H groups in total. The maximum Gasteiger partial charge on any atom is 0.272 e. The molecule has 0 saturated carbocycles. The molecule has 1 aromatic heterocycles. The van der Waals surface area contributed by atoms with Gasteiger partial charge in [-0.05, 0) is 36.6 Å². The summed E-state index contributed by atoms with van der Waals surface area (Å²) in [5.74, 6) is -0.270. The van der Waals surface area contributed by atoms with E-state index in [2.05, 4.69) is 5.10 Å². The number of hydrogen-bond donors (Lipinski definition) is 0. The van der Waals surface area contributed by atoms with Gasteiger partial charge in [-0.25, -0.2) is 4.39 Å². The number of rotatable bonds is 2. The second-order valence-corrected chi connectivity index (χ2v) is 5.05. The van der Waals surface area contributed by atoms with Crippen LogP contribution in [0.1, 0.15) is 34.9 Å². The smallest absolute Gasteiger partial charge is 0.272 e. The molecule has 20 heavy (non-hydrogen) atoms. The van der Waals surface area contributed by atoms with E-state index in [4.69, 9.17) is 0 Å². The van der Waals surface area contributed by atoms with Gasteiger partial charge in [0.25, 0.3) is 5.91 Å². The first-order valence-electron chi connectivity index (χ1n) is 6.71. The summed E-state index contributed by atoms with van der Waals surface area (Å²) in [6, 6.07) is 8.16. The Morgan fingerprint density at radius 1 is 1.30 bits per heavy atom. The number of carbonyl (C=O) groups is 1. The SMILES string of the molecule is Cn1nccc1C(=O)N1CCC[C@@H]1c1ccc(F)cc1. The Kier molecular flexibility index (Phi) is 3.26. The monoisotopic (exact) mass is 273 g/mol. The van der Waals surface area contributed by atoms with Gasteiger partial charge in [-0.1, -0.05) is 12.1 Å². The first-order chi connectivity index (χ1) is 9.66. The summed E-state index contributed by atoms with van der Waals surface area (Å²) in [4.78, 5) is 14.4. The lowest BCUT2D eigenvalue weighted by Crippen LogP contribution is -2.32. The van der Waals surface area contributed by atoms with Gasteiger partial charge in [0.05, 0.1) is 6.04 Å². The molecule has 1 aliphatic rings. The molecule has 0 unspecified atom stereocenters. The summed E-state index contributed by atoms with van der Waals surface area (Å²) in [7, 11) is 1.76. The minimum atomic E-state index is -0.253. The van der Waals surface area contributed by atoms with Crippen LogP contribution < -0.4 is 0 Å². The van der Waals surface area contributed by atoms with Crippen molar-refractivity contribution in [3.8, 4) is 0 Å². The molecule has 1 aromatic carbocycles. The summed E-state index contributed by atoms with van der Waals surface area (Å²) < 4.78 is 14.6. The van der Waals surface area contributed by atoms with Crippen LogP contribution in [0.5, 0.6) is 0 Å². The molecule has 2 heterocycles. The fraction of sp³-hybridized carbons (Fsp3) is 0.333. The topological polar surface area (TPSA) is 38.1 Å². The van der Waals surface area contributed by atoms with Crippen LogP contribution in [0.15, 0.2) is 36.5 Å². The molecule has 0 spiro atoms. The Morgan fingerprint density at radius 3 is 2.70 bits per heavy atom. The lowest BCUT2D eigenvalue weighted by atomic mass is 10.0. The normalized spacial score (nSPS) is 18.5. The summed E-state index contributed by atoms with van der Waals surface area (Å²) >= 11 is 0. The lowest BCUT2D eigenvalue weighted by molar-refractivity contribution is 0.0724. The Bertz CT molecular complexity index is 620. The van der Waals surface area contributed by atoms with E-state index in [1.165, 1.54) is 12.1 Å². The maximum absolute atomic E-state index is 13.0. The number of benzene rings is 1. The van der Waals surface area contributed by atoms with Crippen molar-refractivity contribution in [2.24, 2.45) is 7.05 Å². The number of aryl methyl sites for hydroxylation is 1. The molecule has 5 heteroatoms. The van der Waals surface area contributed by atoms with Gasteiger partial charge in [-0.15, -0.1) is 0 Å². The molecular formula is C15H16FN3O. The average Bonchev–Trinajstić information content (AvgIpc) is 3.07. The van der Waals surface area contributed by atoms with E-state index in [0.717, 1.165) is 24.9 Å². The largest absolute Gasteiger partial charge is 0.330 e. The second-order valence-electron chi connectivity index (χ2n) is 5.05. The number of carbonyl (C=O) groups excluding carboxylic acids is 1. The van der Waals surface area contributed by atoms with Crippen molar-refractivity contribution in [2.45, 2.75) is 18.9 Å². The summed E-state index contributed by atoms with van der Waals surface area (Å²) in [5, 5.41) is 4.04. The lowest BCUT2D eigenvalue weighted by Gasteiger charge is -2.25. The van der Waals surface area contributed by atoms with Crippen LogP contribution >= 0.6 is 0 Å². The Labute approximate surface area is 116 Å². The molecule has 1 saturated heterocycles. The minimum absolute atomic E-state index is 0.0168. The first kappa shape index (κ1) is 12.8. The molecule has 4 nitrogen and oxygen atoms in total. The van der Waals surface area contributed by atoms with Crippen molar-refractivity contribution in [3.05, 3.63) is 53.6 Å². The van der Waals surface area contributed by atoms with Gasteiger partial charge >= 0.3 is 0 Å². The zero-order valence-electron chi connectivity index (χ0n) is 11.3. The minimum Gasteiger partial charge on any atom is -0.330 e. The number of aromatic nitrogens is 2. The number of halogens is 1. The van der Waals surface area contributed by atoms with Gasteiger partial charge in [-0.3, -0.25) is 9.48 Å². The fourth-order valence-electron chi connectivity index (χ4n) is 2.77. The number of hydrogen-bond acceptors (Lipinski definition) is 2. The summed E-state index contributed by atoms with van der Waals surface area (Å²) in [5.41, 5.74) is 1.57. The van der Waals surface area contributed by atoms with Crippen LogP contribution in [-0.2, 0) is 7.05 Å². The molecule has 1 atom stereocenters. The third kappa shape index (κ3) is 2.19. The van der Waals surface area contributed by atoms with Gasteiger partial charge in [0, 0.05) is 19.8 Å². The Morgan fingerprint density at radius 2 is 2.05 bits per heavy atom. The van der Waals surface area contributed by atoms with Gasteiger partial charge in [0.15, 0.2) is 0 Å². The van der Waals surface area contributed by atoms with Crippen molar-refractivity contribution < 1.29 is 9.18 Å². The highest BCUT2D eigenvalue weighted by molar-refractivity contribution is 5.93. The molecule has 104 valence electrons. The van der Waals surface area contributed by atoms with Crippen LogP contribution in [0.2, 0.25) is 0 Å². The van der Waals surface area contributed by atoms with Crippen molar-refractivity contribution in [1.82, 2.24) is 14.7 Å². The molecule has 3 rings (SSSR count). The molecule has 1 aliphatic heterocycles. The Hall–Kier alpha value is -2.17. The van der Waals surface area contributed by atoms with E-state index in [9.17, 15) is 9.18 Å². The highest BCUT2D eigenvalue weighted by Crippen LogP contribution is 2.33. The molecule has 0 aliphatic carbocycles. The average molecular weight is 273 g/mol. The molecule has 2 aromatic rings. The quantitative estimate of drug-likeness (QED) is 0.843. The van der Waals surface area contributed by atoms with Crippen LogP contribution in [0, 0.1) is 5.82 Å². The van der Waals surface area contributed by atoms with E-state index in [1.54, 1.807) is 36.1 Å². The summed E-state index contributed by atoms with van der Waals surface area (Å²) in [6.45, 7) is 0.728. The number of nitrogens with zero attached hydrogens (tertiary/aromatic N) is 3.